The van der Waals surface area contributed by atoms with E-state index in [1.807, 2.05) is 24.3 Å². The van der Waals surface area contributed by atoms with E-state index in [9.17, 15) is 19.7 Å². The van der Waals surface area contributed by atoms with Crippen molar-refractivity contribution in [3.8, 4) is 28.3 Å². The number of hydrogen-bond donors (Lipinski definition) is 1. The van der Waals surface area contributed by atoms with Crippen molar-refractivity contribution in [2.24, 2.45) is 0 Å². The van der Waals surface area contributed by atoms with Crippen molar-refractivity contribution in [1.29, 1.82) is 0 Å². The molecule has 0 fully saturated rings. The van der Waals surface area contributed by atoms with Crippen molar-refractivity contribution in [2.75, 3.05) is 14.2 Å². The maximum absolute atomic E-state index is 12.7. The molecule has 0 spiro atoms. The molecule has 3 aromatic carbocycles. The quantitative estimate of drug-likeness (QED) is 0.196. The monoisotopic (exact) mass is 512 g/mol. The summed E-state index contributed by atoms with van der Waals surface area (Å²) in [5, 5.41) is 20.0. The largest absolute Gasteiger partial charge is 0.497 e. The molecule has 12 nitrogen and oxygen atoms in total. The first kappa shape index (κ1) is 24.3. The zero-order chi connectivity index (χ0) is 26.8. The van der Waals surface area contributed by atoms with Crippen LogP contribution >= 0.6 is 0 Å². The number of aromatic amines is 1. The number of nitro benzene ring substituents is 1. The van der Waals surface area contributed by atoms with Crippen molar-refractivity contribution >= 4 is 22.8 Å². The van der Waals surface area contributed by atoms with Crippen LogP contribution in [-0.4, -0.2) is 50.1 Å². The molecule has 5 aromatic rings. The summed E-state index contributed by atoms with van der Waals surface area (Å²) in [7, 11) is 2.85. The Kier molecular flexibility index (Phi) is 6.35. The average molecular weight is 512 g/mol. The molecule has 12 heteroatoms. The van der Waals surface area contributed by atoms with E-state index in [4.69, 9.17) is 9.47 Å². The number of nitrogens with one attached hydrogen (secondary N) is 1. The Bertz CT molecular complexity index is 1720. The molecule has 0 saturated carbocycles. The SMILES string of the molecule is COC(=O)c1ccc(-c2ccc(-c3nc4c(nnn4Cc4ccc(OC)cc4)c(=O)[nH]3)cc2[N+](=O)[O-])cc1. The Balaban J connectivity index is 1.53. The number of rotatable bonds is 7. The van der Waals surface area contributed by atoms with Crippen LogP contribution in [-0.2, 0) is 11.3 Å². The number of ether oxygens (including phenoxy) is 2. The van der Waals surface area contributed by atoms with Crippen LogP contribution in [0.15, 0.2) is 71.5 Å². The van der Waals surface area contributed by atoms with E-state index in [1.165, 1.54) is 30.0 Å². The third kappa shape index (κ3) is 4.57. The minimum absolute atomic E-state index is 0.0547. The van der Waals surface area contributed by atoms with Gasteiger partial charge in [-0.25, -0.2) is 14.5 Å². The van der Waals surface area contributed by atoms with Gasteiger partial charge in [-0.2, -0.15) is 0 Å². The molecular weight excluding hydrogens is 492 g/mol. The second-order valence-electron chi connectivity index (χ2n) is 8.24. The van der Waals surface area contributed by atoms with Crippen molar-refractivity contribution in [3.05, 3.63) is 98.3 Å². The highest BCUT2D eigenvalue weighted by atomic mass is 16.6. The molecule has 0 aliphatic carbocycles. The zero-order valence-electron chi connectivity index (χ0n) is 20.2. The fraction of sp³-hybridized carbons (Fsp3) is 0.115. The van der Waals surface area contributed by atoms with Gasteiger partial charge in [0.15, 0.2) is 11.2 Å². The number of benzene rings is 3. The standard InChI is InChI=1S/C26H20N6O6/c1-37-19-10-3-15(4-11-19)14-31-24-22(29-30-31)25(33)28-23(27-24)18-9-12-20(21(13-18)32(35)36)16-5-7-17(8-6-16)26(34)38-2/h3-13H,14H2,1-2H3,(H,27,28,33). The van der Waals surface area contributed by atoms with Gasteiger partial charge >= 0.3 is 5.97 Å². The number of nitro groups is 1. The molecule has 0 amide bonds. The molecule has 2 aromatic heterocycles. The lowest BCUT2D eigenvalue weighted by molar-refractivity contribution is -0.384. The summed E-state index contributed by atoms with van der Waals surface area (Å²) in [6, 6.07) is 18.1. The topological polar surface area (TPSA) is 155 Å². The summed E-state index contributed by atoms with van der Waals surface area (Å²) < 4.78 is 11.4. The third-order valence-corrected chi connectivity index (χ3v) is 5.95. The van der Waals surface area contributed by atoms with Gasteiger partial charge < -0.3 is 14.5 Å². The Labute approximate surface area is 214 Å². The van der Waals surface area contributed by atoms with E-state index in [1.54, 1.807) is 31.4 Å². The van der Waals surface area contributed by atoms with E-state index in [2.05, 4.69) is 20.3 Å². The summed E-state index contributed by atoms with van der Waals surface area (Å²) in [5.41, 5.74) is 2.01. The summed E-state index contributed by atoms with van der Waals surface area (Å²) >= 11 is 0. The molecule has 38 heavy (non-hydrogen) atoms. The number of carbonyl (C=O) groups is 1. The van der Waals surface area contributed by atoms with Gasteiger partial charge in [-0.1, -0.05) is 35.5 Å². The smallest absolute Gasteiger partial charge is 0.337 e. The van der Waals surface area contributed by atoms with E-state index in [0.29, 0.717) is 34.5 Å². The highest BCUT2D eigenvalue weighted by molar-refractivity contribution is 5.90. The fourth-order valence-electron chi connectivity index (χ4n) is 3.99. The zero-order valence-corrected chi connectivity index (χ0v) is 20.2. The predicted octanol–water partition coefficient (Wildman–Crippen LogP) is 3.60. The summed E-state index contributed by atoms with van der Waals surface area (Å²) in [6.07, 6.45) is 0. The van der Waals surface area contributed by atoms with Gasteiger partial charge in [-0.3, -0.25) is 14.9 Å². The number of hydrogen-bond acceptors (Lipinski definition) is 9. The molecule has 5 rings (SSSR count). The van der Waals surface area contributed by atoms with Gasteiger partial charge in [0.1, 0.15) is 11.6 Å². The number of fused-ring (bicyclic) bond motifs is 1. The number of nitrogens with zero attached hydrogens (tertiary/aromatic N) is 5. The first-order valence-corrected chi connectivity index (χ1v) is 11.3. The van der Waals surface area contributed by atoms with Crippen LogP contribution in [0.3, 0.4) is 0 Å². The van der Waals surface area contributed by atoms with E-state index in [-0.39, 0.29) is 22.7 Å². The lowest BCUT2D eigenvalue weighted by atomic mass is 10.00. The van der Waals surface area contributed by atoms with E-state index >= 15 is 0 Å². The van der Waals surface area contributed by atoms with Crippen LogP contribution < -0.4 is 10.3 Å². The molecular formula is C26H20N6O6. The molecule has 0 radical (unpaired) electrons. The molecule has 0 aliphatic heterocycles. The Morgan fingerprint density at radius 2 is 1.74 bits per heavy atom. The molecule has 0 aliphatic rings. The summed E-state index contributed by atoms with van der Waals surface area (Å²) in [4.78, 5) is 43.0. The van der Waals surface area contributed by atoms with Crippen molar-refractivity contribution in [1.82, 2.24) is 25.0 Å². The van der Waals surface area contributed by atoms with E-state index < -0.39 is 16.5 Å². The maximum atomic E-state index is 12.7. The Hall–Kier alpha value is -5.39. The normalized spacial score (nSPS) is 10.9. The third-order valence-electron chi connectivity index (χ3n) is 5.95. The minimum Gasteiger partial charge on any atom is -0.497 e. The molecule has 0 saturated heterocycles. The van der Waals surface area contributed by atoms with Gasteiger partial charge in [0.05, 0.1) is 36.8 Å². The molecule has 0 atom stereocenters. The van der Waals surface area contributed by atoms with Crippen molar-refractivity contribution in [3.63, 3.8) is 0 Å². The highest BCUT2D eigenvalue weighted by Crippen LogP contribution is 2.33. The van der Waals surface area contributed by atoms with Crippen LogP contribution in [0.5, 0.6) is 5.75 Å². The fourth-order valence-corrected chi connectivity index (χ4v) is 3.99. The first-order valence-electron chi connectivity index (χ1n) is 11.3. The van der Waals surface area contributed by atoms with Crippen molar-refractivity contribution in [2.45, 2.75) is 6.54 Å². The number of aromatic nitrogens is 5. The van der Waals surface area contributed by atoms with Crippen LogP contribution in [0.2, 0.25) is 0 Å². The van der Waals surface area contributed by atoms with Crippen molar-refractivity contribution < 1.29 is 19.2 Å². The molecule has 0 unspecified atom stereocenters. The van der Waals surface area contributed by atoms with Crippen LogP contribution in [0.4, 0.5) is 5.69 Å². The average Bonchev–Trinajstić information content (AvgIpc) is 3.35. The van der Waals surface area contributed by atoms with Crippen LogP contribution in [0.25, 0.3) is 33.7 Å². The number of esters is 1. The van der Waals surface area contributed by atoms with Gasteiger partial charge in [0.2, 0.25) is 0 Å². The number of H-pyrrole nitrogens is 1. The highest BCUT2D eigenvalue weighted by Gasteiger charge is 2.20. The lowest BCUT2D eigenvalue weighted by Gasteiger charge is -2.08. The Morgan fingerprint density at radius 3 is 2.39 bits per heavy atom. The van der Waals surface area contributed by atoms with E-state index in [0.717, 1.165) is 5.56 Å². The summed E-state index contributed by atoms with van der Waals surface area (Å²) in [6.45, 7) is 0.303. The summed E-state index contributed by atoms with van der Waals surface area (Å²) in [5.74, 6) is 0.336. The second kappa shape index (κ2) is 9.93. The molecule has 2 heterocycles. The molecule has 0 bridgehead atoms. The van der Waals surface area contributed by atoms with Gasteiger partial charge in [0.25, 0.3) is 11.2 Å². The van der Waals surface area contributed by atoms with Gasteiger partial charge in [-0.15, -0.1) is 5.10 Å². The Morgan fingerprint density at radius 1 is 1.03 bits per heavy atom. The number of methoxy groups -OCH3 is 2. The molecule has 1 N–H and O–H groups in total. The van der Waals surface area contributed by atoms with Gasteiger partial charge in [-0.05, 0) is 41.5 Å². The maximum Gasteiger partial charge on any atom is 0.337 e. The first-order chi connectivity index (χ1) is 18.4. The van der Waals surface area contributed by atoms with Crippen LogP contribution in [0, 0.1) is 10.1 Å². The predicted molar refractivity (Wildman–Crippen MR) is 137 cm³/mol. The molecule has 190 valence electrons. The number of carbonyl (C=O) groups excluding carboxylic acids is 1. The second-order valence-corrected chi connectivity index (χ2v) is 8.24. The van der Waals surface area contributed by atoms with Gasteiger partial charge in [0, 0.05) is 11.6 Å². The lowest BCUT2D eigenvalue weighted by Crippen LogP contribution is -2.11. The minimum atomic E-state index is -0.517. The van der Waals surface area contributed by atoms with Crippen LogP contribution in [0.1, 0.15) is 15.9 Å².